The summed E-state index contributed by atoms with van der Waals surface area (Å²) >= 11 is 3.28. The summed E-state index contributed by atoms with van der Waals surface area (Å²) in [5.74, 6) is 0.566. The molecule has 2 aromatic carbocycles. The fourth-order valence-corrected chi connectivity index (χ4v) is 3.63. The summed E-state index contributed by atoms with van der Waals surface area (Å²) in [5.41, 5.74) is 6.82. The lowest BCUT2D eigenvalue weighted by atomic mass is 10.2. The highest BCUT2D eigenvalue weighted by atomic mass is 79.9. The zero-order valence-electron chi connectivity index (χ0n) is 11.3. The van der Waals surface area contributed by atoms with E-state index in [0.29, 0.717) is 15.9 Å². The molecule has 0 saturated heterocycles. The van der Waals surface area contributed by atoms with Crippen LogP contribution >= 0.6 is 15.9 Å². The Morgan fingerprint density at radius 3 is 2.57 bits per heavy atom. The molecule has 0 amide bonds. The van der Waals surface area contributed by atoms with E-state index in [9.17, 15) is 8.42 Å². The molecule has 112 valence electrons. The van der Waals surface area contributed by atoms with Gasteiger partial charge >= 0.3 is 0 Å². The molecule has 0 heterocycles. The fourth-order valence-electron chi connectivity index (χ4n) is 1.82. The van der Waals surface area contributed by atoms with Crippen molar-refractivity contribution >= 4 is 31.6 Å². The molecule has 0 spiro atoms. The van der Waals surface area contributed by atoms with E-state index in [4.69, 9.17) is 10.5 Å². The van der Waals surface area contributed by atoms with Crippen molar-refractivity contribution in [3.8, 4) is 5.75 Å². The predicted molar refractivity (Wildman–Crippen MR) is 85.8 cm³/mol. The van der Waals surface area contributed by atoms with Gasteiger partial charge in [0.15, 0.2) is 0 Å². The minimum Gasteiger partial charge on any atom is -0.496 e. The number of benzene rings is 2. The van der Waals surface area contributed by atoms with Crippen LogP contribution in [0.25, 0.3) is 0 Å². The third-order valence-corrected chi connectivity index (χ3v) is 4.90. The smallest absolute Gasteiger partial charge is 0.261 e. The Hall–Kier alpha value is -1.57. The predicted octanol–water partition coefficient (Wildman–Crippen LogP) is 2.72. The minimum absolute atomic E-state index is 0.141. The van der Waals surface area contributed by atoms with E-state index in [1.54, 1.807) is 24.3 Å². The molecule has 7 heteroatoms. The summed E-state index contributed by atoms with van der Waals surface area (Å²) in [4.78, 5) is 0.141. The zero-order valence-corrected chi connectivity index (χ0v) is 13.7. The molecule has 0 fully saturated rings. The van der Waals surface area contributed by atoms with Gasteiger partial charge in [0.1, 0.15) is 5.75 Å². The highest BCUT2D eigenvalue weighted by Gasteiger charge is 2.17. The SMILES string of the molecule is COc1ccc(S(=O)(=O)Nc2ccccc2CN)cc1Br. The van der Waals surface area contributed by atoms with Gasteiger partial charge in [0, 0.05) is 6.54 Å². The van der Waals surface area contributed by atoms with E-state index >= 15 is 0 Å². The molecule has 0 aliphatic carbocycles. The van der Waals surface area contributed by atoms with Crippen LogP contribution in [0.1, 0.15) is 5.56 Å². The number of methoxy groups -OCH3 is 1. The molecule has 0 aliphatic rings. The van der Waals surface area contributed by atoms with Crippen molar-refractivity contribution in [1.82, 2.24) is 0 Å². The van der Waals surface area contributed by atoms with Crippen LogP contribution in [0, 0.1) is 0 Å². The van der Waals surface area contributed by atoms with Gasteiger partial charge in [-0.2, -0.15) is 0 Å². The molecule has 0 saturated carbocycles. The number of para-hydroxylation sites is 1. The molecule has 3 N–H and O–H groups in total. The molecule has 0 aliphatic heterocycles. The average Bonchev–Trinajstić information content (AvgIpc) is 2.47. The molecule has 5 nitrogen and oxygen atoms in total. The molecule has 0 radical (unpaired) electrons. The summed E-state index contributed by atoms with van der Waals surface area (Å²) in [6, 6.07) is 11.6. The van der Waals surface area contributed by atoms with E-state index in [-0.39, 0.29) is 11.4 Å². The van der Waals surface area contributed by atoms with Crippen molar-refractivity contribution in [2.45, 2.75) is 11.4 Å². The third-order valence-electron chi connectivity index (χ3n) is 2.92. The molecule has 0 aromatic heterocycles. The first-order chi connectivity index (χ1) is 9.97. The summed E-state index contributed by atoms with van der Waals surface area (Å²) in [7, 11) is -2.17. The van der Waals surface area contributed by atoms with E-state index < -0.39 is 10.0 Å². The second kappa shape index (κ2) is 6.46. The van der Waals surface area contributed by atoms with Gasteiger partial charge in [-0.3, -0.25) is 4.72 Å². The summed E-state index contributed by atoms with van der Waals surface area (Å²) in [6.07, 6.45) is 0. The number of rotatable bonds is 5. The Morgan fingerprint density at radius 2 is 1.95 bits per heavy atom. The van der Waals surface area contributed by atoms with Crippen LogP contribution in [-0.4, -0.2) is 15.5 Å². The maximum Gasteiger partial charge on any atom is 0.261 e. The van der Waals surface area contributed by atoms with Crippen molar-refractivity contribution in [3.05, 3.63) is 52.5 Å². The second-order valence-corrected chi connectivity index (χ2v) is 6.80. The number of anilines is 1. The lowest BCUT2D eigenvalue weighted by Gasteiger charge is -2.12. The number of nitrogens with two attached hydrogens (primary N) is 1. The number of hydrogen-bond acceptors (Lipinski definition) is 4. The van der Waals surface area contributed by atoms with Crippen molar-refractivity contribution in [3.63, 3.8) is 0 Å². The first-order valence-corrected chi connectivity index (χ1v) is 8.40. The molecule has 2 rings (SSSR count). The fraction of sp³-hybridized carbons (Fsp3) is 0.143. The van der Waals surface area contributed by atoms with Crippen molar-refractivity contribution in [1.29, 1.82) is 0 Å². The van der Waals surface area contributed by atoms with Gasteiger partial charge in [0.05, 0.1) is 22.2 Å². The largest absolute Gasteiger partial charge is 0.496 e. The van der Waals surface area contributed by atoms with Crippen molar-refractivity contribution in [2.24, 2.45) is 5.73 Å². The lowest BCUT2D eigenvalue weighted by molar-refractivity contribution is 0.411. The van der Waals surface area contributed by atoms with Gasteiger partial charge in [-0.25, -0.2) is 8.42 Å². The first kappa shape index (κ1) is 15.8. The maximum atomic E-state index is 12.4. The lowest BCUT2D eigenvalue weighted by Crippen LogP contribution is -2.15. The number of hydrogen-bond donors (Lipinski definition) is 2. The highest BCUT2D eigenvalue weighted by Crippen LogP contribution is 2.28. The van der Waals surface area contributed by atoms with Gasteiger partial charge < -0.3 is 10.5 Å². The van der Waals surface area contributed by atoms with Gasteiger partial charge in [0.2, 0.25) is 0 Å². The maximum absolute atomic E-state index is 12.4. The number of sulfonamides is 1. The third kappa shape index (κ3) is 3.55. The van der Waals surface area contributed by atoms with Gasteiger partial charge in [-0.05, 0) is 45.8 Å². The van der Waals surface area contributed by atoms with Crippen LogP contribution in [-0.2, 0) is 16.6 Å². The topological polar surface area (TPSA) is 81.4 Å². The van der Waals surface area contributed by atoms with Crippen LogP contribution in [0.3, 0.4) is 0 Å². The van der Waals surface area contributed by atoms with Gasteiger partial charge in [-0.1, -0.05) is 18.2 Å². The molecule has 0 atom stereocenters. The van der Waals surface area contributed by atoms with Gasteiger partial charge in [0.25, 0.3) is 10.0 Å². The van der Waals surface area contributed by atoms with Crippen LogP contribution in [0.5, 0.6) is 5.75 Å². The van der Waals surface area contributed by atoms with Crippen LogP contribution in [0.2, 0.25) is 0 Å². The standard InChI is InChI=1S/C14H15BrN2O3S/c1-20-14-7-6-11(8-12(14)15)21(18,19)17-13-5-3-2-4-10(13)9-16/h2-8,17H,9,16H2,1H3. The number of nitrogens with one attached hydrogen (secondary N) is 1. The van der Waals surface area contributed by atoms with E-state index in [0.717, 1.165) is 5.56 Å². The van der Waals surface area contributed by atoms with Gasteiger partial charge in [-0.15, -0.1) is 0 Å². The van der Waals surface area contributed by atoms with Crippen LogP contribution < -0.4 is 15.2 Å². The number of ether oxygens (including phenoxy) is 1. The van der Waals surface area contributed by atoms with Crippen LogP contribution in [0.4, 0.5) is 5.69 Å². The Kier molecular flexibility index (Phi) is 4.87. The molecular weight excluding hydrogens is 356 g/mol. The van der Waals surface area contributed by atoms with Crippen molar-refractivity contribution < 1.29 is 13.2 Å². The van der Waals surface area contributed by atoms with E-state index in [1.807, 2.05) is 6.07 Å². The second-order valence-electron chi connectivity index (χ2n) is 4.26. The number of halogens is 1. The Balaban J connectivity index is 2.36. The van der Waals surface area contributed by atoms with E-state index in [1.165, 1.54) is 19.2 Å². The molecule has 2 aromatic rings. The first-order valence-electron chi connectivity index (χ1n) is 6.12. The average molecular weight is 371 g/mol. The molecule has 21 heavy (non-hydrogen) atoms. The Morgan fingerprint density at radius 1 is 1.24 bits per heavy atom. The monoisotopic (exact) mass is 370 g/mol. The Bertz CT molecular complexity index is 748. The zero-order chi connectivity index (χ0) is 15.5. The summed E-state index contributed by atoms with van der Waals surface area (Å²) in [6.45, 7) is 0.255. The molecule has 0 unspecified atom stereocenters. The summed E-state index contributed by atoms with van der Waals surface area (Å²) in [5, 5.41) is 0. The van der Waals surface area contributed by atoms with Crippen molar-refractivity contribution in [2.75, 3.05) is 11.8 Å². The van der Waals surface area contributed by atoms with E-state index in [2.05, 4.69) is 20.7 Å². The highest BCUT2D eigenvalue weighted by molar-refractivity contribution is 9.10. The minimum atomic E-state index is -3.68. The quantitative estimate of drug-likeness (QED) is 0.847. The Labute approximate surface area is 132 Å². The normalized spacial score (nSPS) is 11.2. The molecular formula is C14H15BrN2O3S. The molecule has 0 bridgehead atoms. The van der Waals surface area contributed by atoms with Crippen LogP contribution in [0.15, 0.2) is 51.8 Å². The summed E-state index contributed by atoms with van der Waals surface area (Å²) < 4.78 is 33.0.